The Kier molecular flexibility index (Phi) is 4.98. The highest BCUT2D eigenvalue weighted by atomic mass is 19.1. The Bertz CT molecular complexity index is 1230. The van der Waals surface area contributed by atoms with Gasteiger partial charge in [0.15, 0.2) is 5.65 Å². The molecular weight excluding hydrogens is 391 g/mol. The van der Waals surface area contributed by atoms with Gasteiger partial charge in [-0.25, -0.2) is 9.37 Å². The van der Waals surface area contributed by atoms with E-state index in [0.29, 0.717) is 35.9 Å². The molecule has 1 amide bonds. The van der Waals surface area contributed by atoms with Crippen molar-refractivity contribution in [3.8, 4) is 11.3 Å². The van der Waals surface area contributed by atoms with Crippen LogP contribution in [0.3, 0.4) is 0 Å². The van der Waals surface area contributed by atoms with Gasteiger partial charge in [0.2, 0.25) is 0 Å². The summed E-state index contributed by atoms with van der Waals surface area (Å²) in [7, 11) is 1.81. The highest BCUT2D eigenvalue weighted by molar-refractivity contribution is 6.06. The average molecular weight is 414 g/mol. The molecule has 0 atom stereocenters. The van der Waals surface area contributed by atoms with Gasteiger partial charge in [-0.15, -0.1) is 0 Å². The van der Waals surface area contributed by atoms with Crippen molar-refractivity contribution in [3.63, 3.8) is 0 Å². The summed E-state index contributed by atoms with van der Waals surface area (Å²) in [5, 5.41) is 5.05. The molecule has 1 fully saturated rings. The normalized spacial score (nSPS) is 14.8. The van der Waals surface area contributed by atoms with Gasteiger partial charge in [-0.2, -0.15) is 5.10 Å². The third-order valence-corrected chi connectivity index (χ3v) is 6.13. The molecule has 0 unspecified atom stereocenters. The van der Waals surface area contributed by atoms with Crippen LogP contribution in [0.1, 0.15) is 34.7 Å². The number of carbonyl (C=O) groups excluding carboxylic acids is 1. The van der Waals surface area contributed by atoms with Crippen LogP contribution in [0.15, 0.2) is 66.9 Å². The van der Waals surface area contributed by atoms with E-state index in [2.05, 4.69) is 34.3 Å². The summed E-state index contributed by atoms with van der Waals surface area (Å²) in [4.78, 5) is 20.1. The number of amides is 1. The standard InChI is InChI=1S/C25H23FN4O/c1-29-24-22(16-27-29)21(15-23(28-24)19-7-9-20(26)10-8-19)25(31)30-13-11-18(12-14-30)17-5-3-2-4-6-17/h2-10,15-16,18H,11-14H2,1H3. The van der Waals surface area contributed by atoms with Crippen molar-refractivity contribution in [2.24, 2.45) is 7.05 Å². The molecule has 1 aliphatic heterocycles. The number of benzene rings is 2. The zero-order valence-electron chi connectivity index (χ0n) is 17.3. The number of aromatic nitrogens is 3. The number of halogens is 1. The zero-order chi connectivity index (χ0) is 21.4. The lowest BCUT2D eigenvalue weighted by atomic mass is 9.89. The fraction of sp³-hybridized carbons (Fsp3) is 0.240. The van der Waals surface area contributed by atoms with E-state index in [0.717, 1.165) is 23.8 Å². The molecule has 2 aromatic carbocycles. The first-order valence-corrected chi connectivity index (χ1v) is 10.5. The van der Waals surface area contributed by atoms with Crippen molar-refractivity contribution in [3.05, 3.63) is 83.8 Å². The van der Waals surface area contributed by atoms with Gasteiger partial charge in [-0.05, 0) is 54.7 Å². The van der Waals surface area contributed by atoms with Gasteiger partial charge < -0.3 is 4.90 Å². The van der Waals surface area contributed by atoms with Gasteiger partial charge in [0.25, 0.3) is 5.91 Å². The van der Waals surface area contributed by atoms with Crippen molar-refractivity contribution in [2.75, 3.05) is 13.1 Å². The van der Waals surface area contributed by atoms with E-state index >= 15 is 0 Å². The van der Waals surface area contributed by atoms with Crippen LogP contribution in [0.5, 0.6) is 0 Å². The van der Waals surface area contributed by atoms with Gasteiger partial charge in [-0.1, -0.05) is 30.3 Å². The number of hydrogen-bond donors (Lipinski definition) is 0. The highest BCUT2D eigenvalue weighted by Gasteiger charge is 2.26. The van der Waals surface area contributed by atoms with Crippen molar-refractivity contribution in [1.82, 2.24) is 19.7 Å². The quantitative estimate of drug-likeness (QED) is 0.484. The van der Waals surface area contributed by atoms with Crippen LogP contribution in [0.25, 0.3) is 22.3 Å². The van der Waals surface area contributed by atoms with Crippen LogP contribution in [0.2, 0.25) is 0 Å². The van der Waals surface area contributed by atoms with Crippen LogP contribution in [0.4, 0.5) is 4.39 Å². The van der Waals surface area contributed by atoms with E-state index < -0.39 is 0 Å². The highest BCUT2D eigenvalue weighted by Crippen LogP contribution is 2.30. The predicted octanol–water partition coefficient (Wildman–Crippen LogP) is 4.79. The molecule has 0 N–H and O–H groups in total. The molecule has 5 nitrogen and oxygen atoms in total. The smallest absolute Gasteiger partial charge is 0.254 e. The van der Waals surface area contributed by atoms with Gasteiger partial charge in [-0.3, -0.25) is 9.48 Å². The van der Waals surface area contributed by atoms with Crippen LogP contribution in [-0.2, 0) is 7.05 Å². The molecule has 156 valence electrons. The molecular formula is C25H23FN4O. The molecule has 31 heavy (non-hydrogen) atoms. The fourth-order valence-corrected chi connectivity index (χ4v) is 4.37. The van der Waals surface area contributed by atoms with E-state index in [1.165, 1.54) is 17.7 Å². The Hall–Kier alpha value is -3.54. The molecule has 0 radical (unpaired) electrons. The minimum Gasteiger partial charge on any atom is -0.339 e. The van der Waals surface area contributed by atoms with Crippen LogP contribution in [-0.4, -0.2) is 38.7 Å². The summed E-state index contributed by atoms with van der Waals surface area (Å²) in [6.45, 7) is 1.43. The van der Waals surface area contributed by atoms with Crippen molar-refractivity contribution < 1.29 is 9.18 Å². The van der Waals surface area contributed by atoms with Crippen LogP contribution >= 0.6 is 0 Å². The van der Waals surface area contributed by atoms with E-state index in [-0.39, 0.29) is 11.7 Å². The molecule has 0 aliphatic carbocycles. The maximum Gasteiger partial charge on any atom is 0.254 e. The van der Waals surface area contributed by atoms with Crippen molar-refractivity contribution >= 4 is 16.9 Å². The van der Waals surface area contributed by atoms with Gasteiger partial charge in [0.1, 0.15) is 5.82 Å². The third-order valence-electron chi connectivity index (χ3n) is 6.13. The van der Waals surface area contributed by atoms with E-state index in [9.17, 15) is 9.18 Å². The minimum absolute atomic E-state index is 0.00438. The lowest BCUT2D eigenvalue weighted by molar-refractivity contribution is 0.0715. The summed E-state index contributed by atoms with van der Waals surface area (Å²) in [5.74, 6) is 0.175. The van der Waals surface area contributed by atoms with Crippen LogP contribution < -0.4 is 0 Å². The molecule has 2 aromatic heterocycles. The molecule has 5 rings (SSSR count). The Morgan fingerprint density at radius 1 is 1.03 bits per heavy atom. The lowest BCUT2D eigenvalue weighted by Gasteiger charge is -2.32. The number of aryl methyl sites for hydroxylation is 1. The molecule has 1 aliphatic rings. The van der Waals surface area contributed by atoms with Gasteiger partial charge in [0, 0.05) is 25.7 Å². The molecule has 4 aromatic rings. The predicted molar refractivity (Wildman–Crippen MR) is 118 cm³/mol. The largest absolute Gasteiger partial charge is 0.339 e. The number of likely N-dealkylation sites (tertiary alicyclic amines) is 1. The minimum atomic E-state index is -0.303. The van der Waals surface area contributed by atoms with Gasteiger partial charge >= 0.3 is 0 Å². The second-order valence-corrected chi connectivity index (χ2v) is 8.04. The van der Waals surface area contributed by atoms with Gasteiger partial charge in [0.05, 0.1) is 22.8 Å². The topological polar surface area (TPSA) is 51.0 Å². The Labute approximate surface area is 180 Å². The Morgan fingerprint density at radius 3 is 2.45 bits per heavy atom. The summed E-state index contributed by atoms with van der Waals surface area (Å²) >= 11 is 0. The summed E-state index contributed by atoms with van der Waals surface area (Å²) in [5.41, 5.74) is 3.98. The number of rotatable bonds is 3. The maximum atomic E-state index is 13.5. The van der Waals surface area contributed by atoms with E-state index in [1.807, 2.05) is 24.1 Å². The zero-order valence-corrected chi connectivity index (χ0v) is 17.3. The van der Waals surface area contributed by atoms with Crippen molar-refractivity contribution in [1.29, 1.82) is 0 Å². The third kappa shape index (κ3) is 3.69. The van der Waals surface area contributed by atoms with E-state index in [4.69, 9.17) is 0 Å². The van der Waals surface area contributed by atoms with E-state index in [1.54, 1.807) is 23.0 Å². The summed E-state index contributed by atoms with van der Waals surface area (Å²) < 4.78 is 15.0. The second-order valence-electron chi connectivity index (χ2n) is 8.04. The maximum absolute atomic E-state index is 13.5. The molecule has 0 saturated carbocycles. The van der Waals surface area contributed by atoms with Crippen LogP contribution in [0, 0.1) is 5.82 Å². The Balaban J connectivity index is 1.45. The lowest BCUT2D eigenvalue weighted by Crippen LogP contribution is -2.38. The molecule has 0 bridgehead atoms. The monoisotopic (exact) mass is 414 g/mol. The number of pyridine rings is 1. The average Bonchev–Trinajstić information content (AvgIpc) is 3.20. The summed E-state index contributed by atoms with van der Waals surface area (Å²) in [6, 6.07) is 18.5. The first kappa shape index (κ1) is 19.4. The van der Waals surface area contributed by atoms with Crippen molar-refractivity contribution in [2.45, 2.75) is 18.8 Å². The molecule has 6 heteroatoms. The number of piperidine rings is 1. The number of hydrogen-bond acceptors (Lipinski definition) is 3. The first-order chi connectivity index (χ1) is 15.1. The second kappa shape index (κ2) is 7.95. The number of fused-ring (bicyclic) bond motifs is 1. The molecule has 0 spiro atoms. The molecule has 3 heterocycles. The number of nitrogens with zero attached hydrogens (tertiary/aromatic N) is 4. The molecule has 1 saturated heterocycles. The fourth-order valence-electron chi connectivity index (χ4n) is 4.37. The Morgan fingerprint density at radius 2 is 1.74 bits per heavy atom. The number of carbonyl (C=O) groups is 1. The first-order valence-electron chi connectivity index (χ1n) is 10.5. The SMILES string of the molecule is Cn1ncc2c(C(=O)N3CCC(c4ccccc4)CC3)cc(-c3ccc(F)cc3)nc21. The summed E-state index contributed by atoms with van der Waals surface area (Å²) in [6.07, 6.45) is 3.59.